The Morgan fingerprint density at radius 2 is 2.19 bits per heavy atom. The topological polar surface area (TPSA) is 46.8 Å². The molecule has 112 valence electrons. The van der Waals surface area contributed by atoms with Crippen LogP contribution in [0.25, 0.3) is 0 Å². The molecule has 1 fully saturated rings. The predicted molar refractivity (Wildman–Crippen MR) is 77.0 cm³/mol. The van der Waals surface area contributed by atoms with Crippen molar-refractivity contribution in [2.24, 2.45) is 0 Å². The van der Waals surface area contributed by atoms with Crippen molar-refractivity contribution in [3.05, 3.63) is 42.0 Å². The Balaban J connectivity index is 1.61. The molecule has 1 aromatic carbocycles. The van der Waals surface area contributed by atoms with Gasteiger partial charge in [-0.2, -0.15) is 0 Å². The summed E-state index contributed by atoms with van der Waals surface area (Å²) in [7, 11) is 0. The number of likely N-dealkylation sites (tertiary alicyclic amines) is 1. The predicted octanol–water partition coefficient (Wildman–Crippen LogP) is 2.43. The lowest BCUT2D eigenvalue weighted by Gasteiger charge is -2.36. The van der Waals surface area contributed by atoms with Crippen LogP contribution in [0.1, 0.15) is 37.3 Å². The Kier molecular flexibility index (Phi) is 4.55. The van der Waals surface area contributed by atoms with Crippen LogP contribution < -0.4 is 0 Å². The van der Waals surface area contributed by atoms with Gasteiger partial charge in [0.2, 0.25) is 0 Å². The highest BCUT2D eigenvalue weighted by molar-refractivity contribution is 5.20. The van der Waals surface area contributed by atoms with E-state index in [4.69, 9.17) is 0 Å². The highest BCUT2D eigenvalue weighted by Gasteiger charge is 2.23. The van der Waals surface area contributed by atoms with Gasteiger partial charge in [0, 0.05) is 19.1 Å². The van der Waals surface area contributed by atoms with Crippen LogP contribution in [0.5, 0.6) is 0 Å². The Hall–Kier alpha value is -1.82. The fraction of sp³-hybridized carbons (Fsp3) is 0.533. The molecule has 0 amide bonds. The van der Waals surface area contributed by atoms with Crippen molar-refractivity contribution in [1.29, 1.82) is 0 Å². The molecule has 0 aliphatic carbocycles. The number of tetrazole rings is 1. The fourth-order valence-corrected chi connectivity index (χ4v) is 3.07. The lowest BCUT2D eigenvalue weighted by atomic mass is 9.95. The molecular weight excluding hydrogens is 269 g/mol. The molecule has 0 saturated carbocycles. The number of piperidine rings is 1. The van der Waals surface area contributed by atoms with Crippen LogP contribution in [0.3, 0.4) is 0 Å². The van der Waals surface area contributed by atoms with Crippen molar-refractivity contribution in [2.75, 3.05) is 13.1 Å². The first-order chi connectivity index (χ1) is 10.3. The largest absolute Gasteiger partial charge is 0.296 e. The number of halogens is 1. The molecule has 2 heterocycles. The second-order valence-electron chi connectivity index (χ2n) is 5.53. The number of aryl methyl sites for hydroxylation is 1. The minimum Gasteiger partial charge on any atom is -0.296 e. The van der Waals surface area contributed by atoms with Crippen LogP contribution >= 0.6 is 0 Å². The quantitative estimate of drug-likeness (QED) is 0.848. The van der Waals surface area contributed by atoms with E-state index in [-0.39, 0.29) is 5.82 Å². The summed E-state index contributed by atoms with van der Waals surface area (Å²) in [6.07, 6.45) is 6.17. The Labute approximate surface area is 123 Å². The Morgan fingerprint density at radius 1 is 1.24 bits per heavy atom. The summed E-state index contributed by atoms with van der Waals surface area (Å²) in [5.74, 6) is -0.147. The highest BCUT2D eigenvalue weighted by Crippen LogP contribution is 2.31. The van der Waals surface area contributed by atoms with Crippen LogP contribution in [0, 0.1) is 5.82 Å². The highest BCUT2D eigenvalue weighted by atomic mass is 19.1. The van der Waals surface area contributed by atoms with Crippen LogP contribution in [-0.2, 0) is 6.54 Å². The van der Waals surface area contributed by atoms with E-state index in [9.17, 15) is 4.39 Å². The molecule has 3 rings (SSSR count). The zero-order chi connectivity index (χ0) is 14.5. The lowest BCUT2D eigenvalue weighted by Crippen LogP contribution is -2.34. The number of benzene rings is 1. The molecule has 21 heavy (non-hydrogen) atoms. The summed E-state index contributed by atoms with van der Waals surface area (Å²) in [5.41, 5.74) is 1.09. The van der Waals surface area contributed by atoms with Crippen molar-refractivity contribution >= 4 is 0 Å². The Morgan fingerprint density at radius 3 is 3.00 bits per heavy atom. The zero-order valence-corrected chi connectivity index (χ0v) is 12.0. The SMILES string of the molecule is Fc1cccc(C2CCCCN2CCCn2cnnn2)c1. The molecule has 6 heteroatoms. The molecule has 1 unspecified atom stereocenters. The standard InChI is InChI=1S/C15H20FN5/c16-14-6-3-5-13(11-14)15-7-1-2-8-20(15)9-4-10-21-12-17-18-19-21/h3,5-6,11-12,15H,1-2,4,7-10H2. The smallest absolute Gasteiger partial charge is 0.138 e. The molecular formula is C15H20FN5. The molecule has 1 aliphatic rings. The molecule has 0 N–H and O–H groups in total. The van der Waals surface area contributed by atoms with E-state index in [2.05, 4.69) is 20.4 Å². The lowest BCUT2D eigenvalue weighted by molar-refractivity contribution is 0.144. The van der Waals surface area contributed by atoms with Crippen molar-refractivity contribution in [3.63, 3.8) is 0 Å². The normalized spacial score (nSPS) is 19.8. The third kappa shape index (κ3) is 3.64. The zero-order valence-electron chi connectivity index (χ0n) is 12.0. The first-order valence-electron chi connectivity index (χ1n) is 7.53. The molecule has 0 spiro atoms. The van der Waals surface area contributed by atoms with Crippen molar-refractivity contribution in [1.82, 2.24) is 25.1 Å². The van der Waals surface area contributed by atoms with Crippen LogP contribution in [-0.4, -0.2) is 38.2 Å². The van der Waals surface area contributed by atoms with Gasteiger partial charge in [-0.3, -0.25) is 4.90 Å². The molecule has 1 aromatic heterocycles. The maximum atomic E-state index is 13.4. The monoisotopic (exact) mass is 289 g/mol. The van der Waals surface area contributed by atoms with E-state index in [1.54, 1.807) is 23.1 Å². The van der Waals surface area contributed by atoms with Crippen LogP contribution in [0.15, 0.2) is 30.6 Å². The summed E-state index contributed by atoms with van der Waals surface area (Å²) < 4.78 is 15.2. The molecule has 1 aliphatic heterocycles. The van der Waals surface area contributed by atoms with Crippen molar-refractivity contribution in [3.8, 4) is 0 Å². The third-order valence-corrected chi connectivity index (χ3v) is 4.07. The second-order valence-corrected chi connectivity index (χ2v) is 5.53. The average Bonchev–Trinajstić information content (AvgIpc) is 3.01. The molecule has 1 atom stereocenters. The summed E-state index contributed by atoms with van der Waals surface area (Å²) in [5, 5.41) is 11.1. The minimum atomic E-state index is -0.147. The van der Waals surface area contributed by atoms with E-state index in [0.29, 0.717) is 6.04 Å². The van der Waals surface area contributed by atoms with Gasteiger partial charge < -0.3 is 0 Å². The third-order valence-electron chi connectivity index (χ3n) is 4.07. The first-order valence-corrected chi connectivity index (χ1v) is 7.53. The van der Waals surface area contributed by atoms with Crippen LogP contribution in [0.2, 0.25) is 0 Å². The molecule has 1 saturated heterocycles. The number of hydrogen-bond acceptors (Lipinski definition) is 4. The van der Waals surface area contributed by atoms with Gasteiger partial charge >= 0.3 is 0 Å². The summed E-state index contributed by atoms with van der Waals surface area (Å²) in [4.78, 5) is 2.46. The maximum Gasteiger partial charge on any atom is 0.138 e. The van der Waals surface area contributed by atoms with Crippen LogP contribution in [0.4, 0.5) is 4.39 Å². The number of hydrogen-bond donors (Lipinski definition) is 0. The molecule has 2 aromatic rings. The van der Waals surface area contributed by atoms with Gasteiger partial charge in [-0.1, -0.05) is 18.6 Å². The van der Waals surface area contributed by atoms with Gasteiger partial charge in [-0.15, -0.1) is 5.10 Å². The minimum absolute atomic E-state index is 0.147. The summed E-state index contributed by atoms with van der Waals surface area (Å²) in [6.45, 7) is 2.89. The summed E-state index contributed by atoms with van der Waals surface area (Å²) in [6, 6.07) is 7.35. The van der Waals surface area contributed by atoms with Crippen molar-refractivity contribution < 1.29 is 4.39 Å². The number of rotatable bonds is 5. The molecule has 5 nitrogen and oxygen atoms in total. The second kappa shape index (κ2) is 6.76. The van der Waals surface area contributed by atoms with E-state index in [1.165, 1.54) is 18.9 Å². The van der Waals surface area contributed by atoms with Crippen molar-refractivity contribution in [2.45, 2.75) is 38.3 Å². The van der Waals surface area contributed by atoms with Gasteiger partial charge in [0.25, 0.3) is 0 Å². The average molecular weight is 289 g/mol. The summed E-state index contributed by atoms with van der Waals surface area (Å²) >= 11 is 0. The van der Waals surface area contributed by atoms with Gasteiger partial charge in [-0.25, -0.2) is 9.07 Å². The van der Waals surface area contributed by atoms with E-state index >= 15 is 0 Å². The maximum absolute atomic E-state index is 13.4. The molecule has 0 radical (unpaired) electrons. The first kappa shape index (κ1) is 14.1. The van der Waals surface area contributed by atoms with Gasteiger partial charge in [0.05, 0.1) is 0 Å². The number of aromatic nitrogens is 4. The molecule has 0 bridgehead atoms. The Bertz CT molecular complexity index is 557. The number of nitrogens with zero attached hydrogens (tertiary/aromatic N) is 5. The van der Waals surface area contributed by atoms with E-state index in [0.717, 1.165) is 38.0 Å². The fourth-order valence-electron chi connectivity index (χ4n) is 3.07. The van der Waals surface area contributed by atoms with Gasteiger partial charge in [0.1, 0.15) is 12.1 Å². The van der Waals surface area contributed by atoms with Gasteiger partial charge in [-0.05, 0) is 53.9 Å². The van der Waals surface area contributed by atoms with E-state index in [1.807, 2.05) is 6.07 Å². The van der Waals surface area contributed by atoms with Gasteiger partial charge in [0.15, 0.2) is 0 Å². The van der Waals surface area contributed by atoms with E-state index < -0.39 is 0 Å².